The zero-order chi connectivity index (χ0) is 71.1. The Hall–Kier alpha value is -2.46. The molecule has 3 N–H and O–H groups in total. The maximum absolute atomic E-state index is 13.1. The third-order valence-corrected chi connectivity index (χ3v) is 19.6. The minimum Gasteiger partial charge on any atom is -0.462 e. The highest BCUT2D eigenvalue weighted by molar-refractivity contribution is 7.47. The fourth-order valence-corrected chi connectivity index (χ4v) is 13.1. The van der Waals surface area contributed by atoms with Gasteiger partial charge in [-0.15, -0.1) is 0 Å². The monoisotopic (exact) mass is 1420 g/mol. The third-order valence-electron chi connectivity index (χ3n) is 17.7. The zero-order valence-electron chi connectivity index (χ0n) is 62.5. The maximum Gasteiger partial charge on any atom is 0.472 e. The number of rotatable bonds is 77. The van der Waals surface area contributed by atoms with Gasteiger partial charge in [0.25, 0.3) is 0 Å². The van der Waals surface area contributed by atoms with Gasteiger partial charge in [0.2, 0.25) is 0 Å². The second-order valence-electron chi connectivity index (χ2n) is 27.4. The van der Waals surface area contributed by atoms with Crippen molar-refractivity contribution in [3.63, 3.8) is 0 Å². The predicted molar refractivity (Wildman–Crippen MR) is 395 cm³/mol. The van der Waals surface area contributed by atoms with Gasteiger partial charge in [-0.2, -0.15) is 0 Å². The molecule has 2 unspecified atom stereocenters. The van der Waals surface area contributed by atoms with Gasteiger partial charge in [0.05, 0.1) is 26.4 Å². The minimum absolute atomic E-state index is 0.102. The molecule has 0 amide bonds. The van der Waals surface area contributed by atoms with Crippen molar-refractivity contribution in [2.45, 2.75) is 412 Å². The normalized spacial score (nSPS) is 14.0. The number of carbonyl (C=O) groups is 4. The summed E-state index contributed by atoms with van der Waals surface area (Å²) in [7, 11) is -9.92. The number of unbranched alkanes of at least 4 members (excludes halogenated alkanes) is 48. The molecule has 0 spiro atoms. The van der Waals surface area contributed by atoms with Gasteiger partial charge < -0.3 is 33.8 Å². The largest absolute Gasteiger partial charge is 0.472 e. The van der Waals surface area contributed by atoms with Crippen LogP contribution < -0.4 is 0 Å². The number of hydrogen-bond donors (Lipinski definition) is 3. The van der Waals surface area contributed by atoms with Gasteiger partial charge in [0.15, 0.2) is 12.2 Å². The molecule has 0 saturated carbocycles. The average molecular weight is 1420 g/mol. The van der Waals surface area contributed by atoms with Gasteiger partial charge in [-0.05, 0) is 51.4 Å². The van der Waals surface area contributed by atoms with Crippen LogP contribution in [0, 0.1) is 0 Å². The highest BCUT2D eigenvalue weighted by atomic mass is 31.2. The van der Waals surface area contributed by atoms with Crippen molar-refractivity contribution in [3.05, 3.63) is 24.3 Å². The summed E-state index contributed by atoms with van der Waals surface area (Å²) in [5, 5.41) is 10.6. The molecule has 0 aromatic rings. The quantitative estimate of drug-likeness (QED) is 0.0169. The van der Waals surface area contributed by atoms with Gasteiger partial charge in [-0.3, -0.25) is 37.3 Å². The third kappa shape index (κ3) is 71.7. The van der Waals surface area contributed by atoms with Crippen molar-refractivity contribution in [2.75, 3.05) is 39.6 Å². The molecule has 0 rings (SSSR count). The first-order valence-corrected chi connectivity index (χ1v) is 43.1. The van der Waals surface area contributed by atoms with Crippen LogP contribution in [-0.4, -0.2) is 96.7 Å². The van der Waals surface area contributed by atoms with Crippen LogP contribution in [0.5, 0.6) is 0 Å². The lowest BCUT2D eigenvalue weighted by Crippen LogP contribution is -2.30. The maximum atomic E-state index is 13.1. The smallest absolute Gasteiger partial charge is 0.462 e. The summed E-state index contributed by atoms with van der Waals surface area (Å²) in [6.45, 7) is 4.91. The van der Waals surface area contributed by atoms with Crippen LogP contribution in [-0.2, 0) is 65.4 Å². The molecule has 19 heteroatoms. The summed E-state index contributed by atoms with van der Waals surface area (Å²) in [6, 6.07) is 0. The van der Waals surface area contributed by atoms with Crippen LogP contribution in [0.1, 0.15) is 394 Å². The van der Waals surface area contributed by atoms with E-state index in [0.717, 1.165) is 109 Å². The van der Waals surface area contributed by atoms with Crippen LogP contribution in [0.15, 0.2) is 24.3 Å². The fourth-order valence-electron chi connectivity index (χ4n) is 11.6. The number of esters is 4. The van der Waals surface area contributed by atoms with E-state index in [0.29, 0.717) is 25.7 Å². The van der Waals surface area contributed by atoms with E-state index in [1.807, 2.05) is 0 Å². The van der Waals surface area contributed by atoms with Crippen molar-refractivity contribution in [1.29, 1.82) is 0 Å². The molecule has 0 fully saturated rings. The Labute approximate surface area is 592 Å². The molecule has 0 aliphatic rings. The molecule has 0 saturated heterocycles. The molecule has 17 nitrogen and oxygen atoms in total. The number of ether oxygens (including phenoxy) is 4. The number of phosphoric acid groups is 2. The highest BCUT2D eigenvalue weighted by Gasteiger charge is 2.30. The first-order valence-electron chi connectivity index (χ1n) is 40.1. The van der Waals surface area contributed by atoms with Crippen LogP contribution in [0.25, 0.3) is 0 Å². The van der Waals surface area contributed by atoms with Crippen molar-refractivity contribution < 1.29 is 80.2 Å². The Morgan fingerprint density at radius 1 is 0.289 bits per heavy atom. The summed E-state index contributed by atoms with van der Waals surface area (Å²) in [5.41, 5.74) is 0. The van der Waals surface area contributed by atoms with Crippen molar-refractivity contribution in [3.8, 4) is 0 Å². The first-order chi connectivity index (χ1) is 47.2. The Morgan fingerprint density at radius 3 is 0.753 bits per heavy atom. The zero-order valence-corrected chi connectivity index (χ0v) is 64.3. The molecule has 0 aromatic heterocycles. The number of allylic oxidation sites excluding steroid dienone is 4. The van der Waals surface area contributed by atoms with Crippen LogP contribution in [0.2, 0.25) is 0 Å². The average Bonchev–Trinajstić information content (AvgIpc) is 1.32. The molecule has 0 bridgehead atoms. The molecule has 0 aromatic carbocycles. The van der Waals surface area contributed by atoms with Gasteiger partial charge in [0, 0.05) is 25.7 Å². The van der Waals surface area contributed by atoms with Crippen molar-refractivity contribution in [1.82, 2.24) is 0 Å². The van der Waals surface area contributed by atoms with Gasteiger partial charge >= 0.3 is 39.5 Å². The van der Waals surface area contributed by atoms with E-state index >= 15 is 0 Å². The minimum atomic E-state index is -4.96. The summed E-state index contributed by atoms with van der Waals surface area (Å²) < 4.78 is 68.5. The van der Waals surface area contributed by atoms with E-state index in [2.05, 4.69) is 52.0 Å². The molecule has 97 heavy (non-hydrogen) atoms. The van der Waals surface area contributed by atoms with Crippen LogP contribution in [0.3, 0.4) is 0 Å². The second-order valence-corrected chi connectivity index (χ2v) is 30.3. The van der Waals surface area contributed by atoms with E-state index in [1.54, 1.807) is 0 Å². The lowest BCUT2D eigenvalue weighted by atomic mass is 10.0. The molecule has 0 aliphatic carbocycles. The Morgan fingerprint density at radius 2 is 0.495 bits per heavy atom. The topological polar surface area (TPSA) is 237 Å². The van der Waals surface area contributed by atoms with E-state index in [4.69, 9.17) is 37.0 Å². The second kappa shape index (κ2) is 71.9. The molecule has 0 radical (unpaired) electrons. The van der Waals surface area contributed by atoms with E-state index < -0.39 is 97.5 Å². The number of aliphatic hydroxyl groups excluding tert-OH is 1. The van der Waals surface area contributed by atoms with Gasteiger partial charge in [-0.1, -0.05) is 341 Å². The molecule has 5 atom stereocenters. The fraction of sp³-hybridized carbons (Fsp3) is 0.897. The number of aliphatic hydroxyl groups is 1. The SMILES string of the molecule is CCCCCC/C=C\C=C/CCCCCCCC(=O)OC[C@H](COP(=O)(O)OC[C@@H](O)COP(=O)(O)OC[C@@H](COC(=O)CCCCCCCCCCC)OC(=O)CCCCCCCCCCCCC)OC(=O)CCCCCCCCCCCCCCCCCCCCCCCC. The Balaban J connectivity index is 5.20. The first kappa shape index (κ1) is 94.5. The summed E-state index contributed by atoms with van der Waals surface area (Å²) in [4.78, 5) is 72.7. The number of hydrogen-bond acceptors (Lipinski definition) is 15. The number of phosphoric ester groups is 2. The van der Waals surface area contributed by atoms with Crippen molar-refractivity contribution >= 4 is 39.5 Å². The van der Waals surface area contributed by atoms with Crippen LogP contribution >= 0.6 is 15.6 Å². The lowest BCUT2D eigenvalue weighted by Gasteiger charge is -2.21. The molecule has 572 valence electrons. The van der Waals surface area contributed by atoms with Crippen LogP contribution in [0.4, 0.5) is 0 Å². The molecular formula is C78H148O17P2. The van der Waals surface area contributed by atoms with E-state index in [1.165, 1.54) is 205 Å². The molecule has 0 heterocycles. The lowest BCUT2D eigenvalue weighted by molar-refractivity contribution is -0.161. The molecular weight excluding hydrogens is 1270 g/mol. The van der Waals surface area contributed by atoms with E-state index in [-0.39, 0.29) is 25.7 Å². The summed E-state index contributed by atoms with van der Waals surface area (Å²) in [6.07, 6.45) is 66.1. The highest BCUT2D eigenvalue weighted by Crippen LogP contribution is 2.45. The predicted octanol–water partition coefficient (Wildman–Crippen LogP) is 23.0. The standard InChI is InChI=1S/C78H148O17P2/c1-5-9-13-17-21-25-28-30-32-33-34-35-36-37-38-40-42-45-49-53-57-61-65-78(83)95-74(69-89-76(81)63-59-55-51-47-44-41-39-31-29-26-22-18-14-10-6-2)71-93-97(86,87)91-67-72(79)66-90-96(84,85)92-70-73(68-88-75(80)62-58-54-50-46-24-20-16-12-8-4)94-77(82)64-60-56-52-48-43-27-23-19-15-11-7-3/h26,29,31,39,72-74,79H,5-25,27-28,30,32-38,40-71H2,1-4H3,(H,84,85)(H,86,87)/b29-26-,39-31-/t72-,73+,74+/m0/s1. The van der Waals surface area contributed by atoms with Gasteiger partial charge in [-0.25, -0.2) is 9.13 Å². The number of carbonyl (C=O) groups excluding carboxylic acids is 4. The van der Waals surface area contributed by atoms with E-state index in [9.17, 15) is 43.2 Å². The Kier molecular flexibility index (Phi) is 70.1. The molecule has 0 aliphatic heterocycles. The Bertz CT molecular complexity index is 1940. The van der Waals surface area contributed by atoms with Crippen molar-refractivity contribution in [2.24, 2.45) is 0 Å². The summed E-state index contributed by atoms with van der Waals surface area (Å²) in [5.74, 6) is -2.14. The van der Waals surface area contributed by atoms with Gasteiger partial charge in [0.1, 0.15) is 19.3 Å². The summed E-state index contributed by atoms with van der Waals surface area (Å²) >= 11 is 0.